The molecule has 106 valence electrons. The summed E-state index contributed by atoms with van der Waals surface area (Å²) in [6, 6.07) is 5.21. The average molecular weight is 274 g/mol. The lowest BCUT2D eigenvalue weighted by Crippen LogP contribution is -2.33. The minimum Gasteiger partial charge on any atom is -0.384 e. The Balaban J connectivity index is 2.66. The monoisotopic (exact) mass is 274 g/mol. The second kappa shape index (κ2) is 7.97. The second-order valence-electron chi connectivity index (χ2n) is 4.23. The van der Waals surface area contributed by atoms with E-state index in [0.717, 1.165) is 5.56 Å². The number of nitrogens with one attached hydrogen (secondary N) is 2. The zero-order valence-electron chi connectivity index (χ0n) is 11.6. The first-order chi connectivity index (χ1) is 9.54. The van der Waals surface area contributed by atoms with E-state index >= 15 is 0 Å². The van der Waals surface area contributed by atoms with Crippen LogP contribution in [0, 0.1) is 18.8 Å². The van der Waals surface area contributed by atoms with Gasteiger partial charge in [0.2, 0.25) is 5.91 Å². The highest BCUT2D eigenvalue weighted by atomic mass is 16.2. The molecule has 0 aliphatic rings. The zero-order valence-corrected chi connectivity index (χ0v) is 11.6. The zero-order chi connectivity index (χ0) is 15.0. The van der Waals surface area contributed by atoms with Crippen LogP contribution in [0.3, 0.4) is 0 Å². The number of aliphatic hydroxyl groups is 1. The molecule has 0 bridgehead atoms. The first-order valence-electron chi connectivity index (χ1n) is 6.27. The van der Waals surface area contributed by atoms with Gasteiger partial charge in [-0.3, -0.25) is 9.59 Å². The Hall–Kier alpha value is -2.32. The molecule has 1 aromatic rings. The fraction of sp³-hybridized carbons (Fsp3) is 0.333. The molecule has 5 heteroatoms. The van der Waals surface area contributed by atoms with Gasteiger partial charge in [0.15, 0.2) is 0 Å². The van der Waals surface area contributed by atoms with E-state index in [1.807, 2.05) is 13.0 Å². The number of carbonyl (C=O) groups excluding carboxylic acids is 2. The Bertz CT molecular complexity index is 556. The highest BCUT2D eigenvalue weighted by Gasteiger charge is 2.06. The number of aliphatic hydroxyl groups excluding tert-OH is 1. The van der Waals surface area contributed by atoms with Crippen molar-refractivity contribution >= 4 is 11.8 Å². The van der Waals surface area contributed by atoms with E-state index in [-0.39, 0.29) is 18.4 Å². The van der Waals surface area contributed by atoms with Crippen LogP contribution >= 0.6 is 0 Å². The normalized spacial score (nSPS) is 9.35. The van der Waals surface area contributed by atoms with Crippen molar-refractivity contribution in [3.05, 3.63) is 34.9 Å². The molecule has 3 N–H and O–H groups in total. The third-order valence-corrected chi connectivity index (χ3v) is 2.59. The lowest BCUT2D eigenvalue weighted by Gasteiger charge is -2.07. The number of carbonyl (C=O) groups is 2. The van der Waals surface area contributed by atoms with Crippen LogP contribution in [-0.2, 0) is 4.79 Å². The van der Waals surface area contributed by atoms with Gasteiger partial charge in [0, 0.05) is 31.1 Å². The molecule has 0 saturated carbocycles. The molecule has 0 radical (unpaired) electrons. The standard InChI is InChI=1S/C15H18N2O3/c1-11-5-6-14(10-13(11)4-3-9-18)15(20)17-8-7-16-12(2)19/h5-6,10,18H,7-9H2,1-2H3,(H,16,19)(H,17,20). The Labute approximate surface area is 118 Å². The topological polar surface area (TPSA) is 78.4 Å². The molecule has 0 fully saturated rings. The largest absolute Gasteiger partial charge is 0.384 e. The Morgan fingerprint density at radius 2 is 1.95 bits per heavy atom. The maximum absolute atomic E-state index is 11.9. The summed E-state index contributed by atoms with van der Waals surface area (Å²) in [6.07, 6.45) is 0. The van der Waals surface area contributed by atoms with Crippen LogP contribution in [0.2, 0.25) is 0 Å². The highest BCUT2D eigenvalue weighted by Crippen LogP contribution is 2.10. The summed E-state index contributed by atoms with van der Waals surface area (Å²) < 4.78 is 0. The first kappa shape index (κ1) is 15.7. The molecule has 20 heavy (non-hydrogen) atoms. The molecule has 1 aromatic carbocycles. The van der Waals surface area contributed by atoms with Crippen molar-refractivity contribution in [3.63, 3.8) is 0 Å². The minimum atomic E-state index is -0.220. The van der Waals surface area contributed by atoms with Gasteiger partial charge >= 0.3 is 0 Å². The number of hydrogen-bond acceptors (Lipinski definition) is 3. The fourth-order valence-corrected chi connectivity index (χ4v) is 1.55. The van der Waals surface area contributed by atoms with E-state index in [9.17, 15) is 9.59 Å². The maximum Gasteiger partial charge on any atom is 0.251 e. The van der Waals surface area contributed by atoms with Gasteiger partial charge in [0.1, 0.15) is 6.61 Å². The van der Waals surface area contributed by atoms with Gasteiger partial charge in [0.05, 0.1) is 0 Å². The minimum absolute atomic E-state index is 0.129. The Morgan fingerprint density at radius 3 is 2.60 bits per heavy atom. The molecule has 0 aromatic heterocycles. The summed E-state index contributed by atoms with van der Waals surface area (Å²) in [5.41, 5.74) is 2.16. The number of rotatable bonds is 4. The van der Waals surface area contributed by atoms with Crippen LogP contribution in [0.25, 0.3) is 0 Å². The highest BCUT2D eigenvalue weighted by molar-refractivity contribution is 5.94. The second-order valence-corrected chi connectivity index (χ2v) is 4.23. The van der Waals surface area contributed by atoms with E-state index in [1.54, 1.807) is 12.1 Å². The quantitative estimate of drug-likeness (QED) is 0.542. The van der Waals surface area contributed by atoms with E-state index in [2.05, 4.69) is 22.5 Å². The number of benzene rings is 1. The van der Waals surface area contributed by atoms with Crippen molar-refractivity contribution in [2.45, 2.75) is 13.8 Å². The van der Waals surface area contributed by atoms with Crippen molar-refractivity contribution in [3.8, 4) is 11.8 Å². The molecule has 2 amide bonds. The van der Waals surface area contributed by atoms with Crippen molar-refractivity contribution in [1.29, 1.82) is 0 Å². The molecule has 0 heterocycles. The summed E-state index contributed by atoms with van der Waals surface area (Å²) in [5.74, 6) is 5.02. The van der Waals surface area contributed by atoms with Gasteiger partial charge in [-0.25, -0.2) is 0 Å². The van der Waals surface area contributed by atoms with Crippen LogP contribution in [0.5, 0.6) is 0 Å². The van der Waals surface area contributed by atoms with Gasteiger partial charge in [0.25, 0.3) is 5.91 Å². The van der Waals surface area contributed by atoms with Crippen molar-refractivity contribution < 1.29 is 14.7 Å². The lowest BCUT2D eigenvalue weighted by molar-refractivity contribution is -0.118. The molecule has 5 nitrogen and oxygen atoms in total. The van der Waals surface area contributed by atoms with Gasteiger partial charge < -0.3 is 15.7 Å². The number of hydrogen-bond donors (Lipinski definition) is 3. The van der Waals surface area contributed by atoms with Gasteiger partial charge in [-0.2, -0.15) is 0 Å². The van der Waals surface area contributed by atoms with Crippen LogP contribution in [-0.4, -0.2) is 36.6 Å². The third-order valence-electron chi connectivity index (χ3n) is 2.59. The van der Waals surface area contributed by atoms with Crippen molar-refractivity contribution in [1.82, 2.24) is 10.6 Å². The molecule has 0 unspecified atom stereocenters. The van der Waals surface area contributed by atoms with Gasteiger partial charge in [-0.1, -0.05) is 17.9 Å². The van der Waals surface area contributed by atoms with E-state index < -0.39 is 0 Å². The molecular formula is C15H18N2O3. The Kier molecular flexibility index (Phi) is 6.27. The molecule has 0 aliphatic carbocycles. The molecular weight excluding hydrogens is 256 g/mol. The van der Waals surface area contributed by atoms with E-state index in [0.29, 0.717) is 24.2 Å². The summed E-state index contributed by atoms with van der Waals surface area (Å²) in [6.45, 7) is 3.86. The van der Waals surface area contributed by atoms with E-state index in [1.165, 1.54) is 6.92 Å². The first-order valence-corrected chi connectivity index (χ1v) is 6.27. The van der Waals surface area contributed by atoms with Crippen LogP contribution in [0.4, 0.5) is 0 Å². The third kappa shape index (κ3) is 5.12. The van der Waals surface area contributed by atoms with Gasteiger partial charge in [-0.05, 0) is 24.6 Å². The molecule has 0 saturated heterocycles. The summed E-state index contributed by atoms with van der Waals surface area (Å²) >= 11 is 0. The van der Waals surface area contributed by atoms with E-state index in [4.69, 9.17) is 5.11 Å². The molecule has 0 atom stereocenters. The summed E-state index contributed by atoms with van der Waals surface area (Å²) in [5, 5.41) is 14.0. The lowest BCUT2D eigenvalue weighted by atomic mass is 10.0. The number of aryl methyl sites for hydroxylation is 1. The fourth-order valence-electron chi connectivity index (χ4n) is 1.55. The Morgan fingerprint density at radius 1 is 1.25 bits per heavy atom. The van der Waals surface area contributed by atoms with Gasteiger partial charge in [-0.15, -0.1) is 0 Å². The average Bonchev–Trinajstić information content (AvgIpc) is 2.42. The number of amides is 2. The maximum atomic E-state index is 11.9. The summed E-state index contributed by atoms with van der Waals surface area (Å²) in [7, 11) is 0. The van der Waals surface area contributed by atoms with Crippen LogP contribution in [0.1, 0.15) is 28.4 Å². The smallest absolute Gasteiger partial charge is 0.251 e. The van der Waals surface area contributed by atoms with Crippen LogP contribution in [0.15, 0.2) is 18.2 Å². The predicted molar refractivity (Wildman–Crippen MR) is 76.2 cm³/mol. The van der Waals surface area contributed by atoms with Crippen molar-refractivity contribution in [2.75, 3.05) is 19.7 Å². The SMILES string of the molecule is CC(=O)NCCNC(=O)c1ccc(C)c(C#CCO)c1. The predicted octanol–water partition coefficient (Wildman–Crippen LogP) is 0.205. The summed E-state index contributed by atoms with van der Waals surface area (Å²) in [4.78, 5) is 22.6. The molecule has 0 aliphatic heterocycles. The van der Waals surface area contributed by atoms with Crippen LogP contribution < -0.4 is 10.6 Å². The van der Waals surface area contributed by atoms with Crippen molar-refractivity contribution in [2.24, 2.45) is 0 Å². The molecule has 0 spiro atoms. The molecule has 1 rings (SSSR count).